The van der Waals surface area contributed by atoms with Crippen LogP contribution in [0.3, 0.4) is 0 Å². The van der Waals surface area contributed by atoms with Gasteiger partial charge in [0.05, 0.1) is 23.0 Å². The average Bonchev–Trinajstić information content (AvgIpc) is 2.42. The third-order valence-corrected chi connectivity index (χ3v) is 4.71. The first-order chi connectivity index (χ1) is 9.95. The Labute approximate surface area is 132 Å². The highest BCUT2D eigenvalue weighted by Gasteiger charge is 2.10. The number of carboxylic acids is 1. The van der Waals surface area contributed by atoms with Crippen LogP contribution in [0, 0.1) is 5.82 Å². The van der Waals surface area contributed by atoms with Crippen molar-refractivity contribution in [3.8, 4) is 0 Å². The number of rotatable bonds is 5. The molecule has 1 atom stereocenters. The van der Waals surface area contributed by atoms with Crippen molar-refractivity contribution in [2.24, 2.45) is 0 Å². The third-order valence-electron chi connectivity index (χ3n) is 2.84. The predicted molar refractivity (Wildman–Crippen MR) is 82.0 cm³/mol. The first-order valence-electron chi connectivity index (χ1n) is 6.09. The van der Waals surface area contributed by atoms with Crippen LogP contribution in [0.1, 0.15) is 11.1 Å². The summed E-state index contributed by atoms with van der Waals surface area (Å²) >= 11 is 3.17. The molecule has 0 saturated heterocycles. The fourth-order valence-electron chi connectivity index (χ4n) is 1.80. The van der Waals surface area contributed by atoms with E-state index in [4.69, 9.17) is 5.11 Å². The zero-order chi connectivity index (χ0) is 15.4. The minimum Gasteiger partial charge on any atom is -0.481 e. The second-order valence-electron chi connectivity index (χ2n) is 4.44. The molecule has 0 aliphatic heterocycles. The van der Waals surface area contributed by atoms with Gasteiger partial charge >= 0.3 is 5.97 Å². The summed E-state index contributed by atoms with van der Waals surface area (Å²) in [4.78, 5) is 11.1. The molecule has 0 spiro atoms. The highest BCUT2D eigenvalue weighted by molar-refractivity contribution is 9.10. The number of halogens is 2. The van der Waals surface area contributed by atoms with Crippen LogP contribution >= 0.6 is 15.9 Å². The van der Waals surface area contributed by atoms with Crippen molar-refractivity contribution in [3.63, 3.8) is 0 Å². The van der Waals surface area contributed by atoms with Gasteiger partial charge in [0.15, 0.2) is 0 Å². The van der Waals surface area contributed by atoms with Crippen molar-refractivity contribution < 1.29 is 18.5 Å². The lowest BCUT2D eigenvalue weighted by atomic mass is 10.2. The van der Waals surface area contributed by atoms with Crippen molar-refractivity contribution in [1.29, 1.82) is 0 Å². The smallest absolute Gasteiger partial charge is 0.307 e. The van der Waals surface area contributed by atoms with E-state index in [0.29, 0.717) is 20.5 Å². The molecule has 1 unspecified atom stereocenters. The molecule has 0 aliphatic rings. The maximum atomic E-state index is 13.7. The van der Waals surface area contributed by atoms with E-state index in [2.05, 4.69) is 15.9 Å². The Bertz CT molecular complexity index is 686. The maximum Gasteiger partial charge on any atom is 0.307 e. The van der Waals surface area contributed by atoms with E-state index in [1.165, 1.54) is 6.07 Å². The van der Waals surface area contributed by atoms with Gasteiger partial charge in [-0.25, -0.2) is 4.39 Å². The summed E-state index contributed by atoms with van der Waals surface area (Å²) in [6, 6.07) is 11.1. The minimum atomic E-state index is -1.37. The van der Waals surface area contributed by atoms with Gasteiger partial charge in [-0.1, -0.05) is 34.1 Å². The van der Waals surface area contributed by atoms with Gasteiger partial charge in [0.25, 0.3) is 0 Å². The molecule has 2 aromatic carbocycles. The average molecular weight is 371 g/mol. The van der Waals surface area contributed by atoms with E-state index in [9.17, 15) is 13.4 Å². The molecular weight excluding hydrogens is 359 g/mol. The number of aliphatic carboxylic acids is 1. The fourth-order valence-corrected chi connectivity index (χ4v) is 3.25. The van der Waals surface area contributed by atoms with Crippen LogP contribution in [0.25, 0.3) is 0 Å². The summed E-state index contributed by atoms with van der Waals surface area (Å²) in [5.41, 5.74) is 1.02. The lowest BCUT2D eigenvalue weighted by molar-refractivity contribution is -0.136. The Hall–Kier alpha value is -1.53. The normalized spacial score (nSPS) is 12.1. The van der Waals surface area contributed by atoms with E-state index < -0.39 is 22.6 Å². The first kappa shape index (κ1) is 15.9. The van der Waals surface area contributed by atoms with Crippen molar-refractivity contribution in [2.45, 2.75) is 17.1 Å². The van der Waals surface area contributed by atoms with E-state index in [1.54, 1.807) is 36.4 Å². The van der Waals surface area contributed by atoms with Crippen LogP contribution in [-0.4, -0.2) is 15.3 Å². The van der Waals surface area contributed by atoms with Crippen LogP contribution in [-0.2, 0) is 27.8 Å². The lowest BCUT2D eigenvalue weighted by Gasteiger charge is -2.05. The van der Waals surface area contributed by atoms with Crippen molar-refractivity contribution in [3.05, 3.63) is 63.9 Å². The summed E-state index contributed by atoms with van der Waals surface area (Å²) in [5, 5.41) is 8.69. The molecule has 0 aliphatic carbocycles. The molecule has 2 rings (SSSR count). The Kier molecular flexibility index (Phi) is 5.25. The molecule has 0 saturated carbocycles. The molecule has 0 bridgehead atoms. The zero-order valence-electron chi connectivity index (χ0n) is 10.9. The topological polar surface area (TPSA) is 54.4 Å². The maximum absolute atomic E-state index is 13.7. The van der Waals surface area contributed by atoms with E-state index in [1.807, 2.05) is 0 Å². The van der Waals surface area contributed by atoms with Crippen LogP contribution in [0.2, 0.25) is 0 Å². The molecule has 2 aromatic rings. The summed E-state index contributed by atoms with van der Waals surface area (Å²) in [6.07, 6.45) is -0.0751. The van der Waals surface area contributed by atoms with Crippen LogP contribution in [0.15, 0.2) is 51.8 Å². The van der Waals surface area contributed by atoms with Gasteiger partial charge in [0.1, 0.15) is 5.82 Å². The Morgan fingerprint density at radius 2 is 1.86 bits per heavy atom. The molecule has 1 N–H and O–H groups in total. The van der Waals surface area contributed by atoms with Crippen molar-refractivity contribution in [1.82, 2.24) is 0 Å². The molecular formula is C15H12BrFO3S. The highest BCUT2D eigenvalue weighted by atomic mass is 79.9. The number of hydrogen-bond donors (Lipinski definition) is 1. The summed E-state index contributed by atoms with van der Waals surface area (Å²) < 4.78 is 26.5. The first-order valence-corrected chi connectivity index (χ1v) is 8.20. The van der Waals surface area contributed by atoms with Gasteiger partial charge in [-0.2, -0.15) is 0 Å². The molecule has 0 aromatic heterocycles. The molecule has 0 fully saturated rings. The van der Waals surface area contributed by atoms with E-state index in [0.717, 1.165) is 0 Å². The number of carboxylic acid groups (broad SMARTS) is 1. The van der Waals surface area contributed by atoms with Gasteiger partial charge in [-0.05, 0) is 29.8 Å². The number of benzene rings is 2. The SMILES string of the molecule is O=C(O)Cc1ccc(S(=O)Cc2ccc(Br)cc2F)cc1. The molecule has 3 nitrogen and oxygen atoms in total. The quantitative estimate of drug-likeness (QED) is 0.875. The van der Waals surface area contributed by atoms with E-state index >= 15 is 0 Å². The summed E-state index contributed by atoms with van der Waals surface area (Å²) in [5.74, 6) is -1.24. The largest absolute Gasteiger partial charge is 0.481 e. The number of hydrogen-bond acceptors (Lipinski definition) is 2. The Morgan fingerprint density at radius 1 is 1.19 bits per heavy atom. The summed E-state index contributed by atoms with van der Waals surface area (Å²) in [6.45, 7) is 0. The van der Waals surface area contributed by atoms with Crippen LogP contribution in [0.5, 0.6) is 0 Å². The molecule has 110 valence electrons. The van der Waals surface area contributed by atoms with Gasteiger partial charge in [-0.15, -0.1) is 0 Å². The van der Waals surface area contributed by atoms with Gasteiger partial charge in [0.2, 0.25) is 0 Å². The van der Waals surface area contributed by atoms with Gasteiger partial charge in [-0.3, -0.25) is 9.00 Å². The van der Waals surface area contributed by atoms with Crippen molar-refractivity contribution >= 4 is 32.7 Å². The molecule has 0 radical (unpaired) electrons. The number of carbonyl (C=O) groups is 1. The molecule has 0 amide bonds. The monoisotopic (exact) mass is 370 g/mol. The van der Waals surface area contributed by atoms with Gasteiger partial charge < -0.3 is 5.11 Å². The predicted octanol–water partition coefficient (Wildman–Crippen LogP) is 3.52. The third kappa shape index (κ3) is 4.47. The standard InChI is InChI=1S/C15H12BrFO3S/c16-12-4-3-11(14(17)8-12)9-21(20)13-5-1-10(2-6-13)7-15(18)19/h1-6,8H,7,9H2,(H,18,19). The van der Waals surface area contributed by atoms with Crippen molar-refractivity contribution in [2.75, 3.05) is 0 Å². The molecule has 6 heteroatoms. The zero-order valence-corrected chi connectivity index (χ0v) is 13.3. The van der Waals surface area contributed by atoms with Crippen LogP contribution in [0.4, 0.5) is 4.39 Å². The van der Waals surface area contributed by atoms with E-state index in [-0.39, 0.29) is 12.2 Å². The second kappa shape index (κ2) is 6.95. The molecule has 0 heterocycles. The second-order valence-corrected chi connectivity index (χ2v) is 6.81. The fraction of sp³-hybridized carbons (Fsp3) is 0.133. The summed E-state index contributed by atoms with van der Waals surface area (Å²) in [7, 11) is -1.37. The Balaban J connectivity index is 2.11. The Morgan fingerprint density at radius 3 is 2.43 bits per heavy atom. The van der Waals surface area contributed by atoms with Crippen LogP contribution < -0.4 is 0 Å². The highest BCUT2D eigenvalue weighted by Crippen LogP contribution is 2.19. The van der Waals surface area contributed by atoms with Gasteiger partial charge in [0, 0.05) is 14.9 Å². The lowest BCUT2D eigenvalue weighted by Crippen LogP contribution is -2.02. The minimum absolute atomic E-state index is 0.0751. The molecule has 21 heavy (non-hydrogen) atoms.